The van der Waals surface area contributed by atoms with Gasteiger partial charge in [0, 0.05) is 28.8 Å². The van der Waals surface area contributed by atoms with Gasteiger partial charge in [-0.25, -0.2) is 4.39 Å². The molecule has 1 heterocycles. The van der Waals surface area contributed by atoms with Gasteiger partial charge in [-0.15, -0.1) is 0 Å². The van der Waals surface area contributed by atoms with Crippen molar-refractivity contribution in [1.82, 2.24) is 5.32 Å². The molecule has 11 heteroatoms. The van der Waals surface area contributed by atoms with Gasteiger partial charge in [0.2, 0.25) is 0 Å². The zero-order chi connectivity index (χ0) is 21.0. The lowest BCUT2D eigenvalue weighted by Crippen LogP contribution is -2.39. The van der Waals surface area contributed by atoms with Crippen LogP contribution in [-0.4, -0.2) is 42.2 Å². The van der Waals surface area contributed by atoms with Crippen LogP contribution in [-0.2, 0) is 4.74 Å². The second kappa shape index (κ2) is 9.41. The summed E-state index contributed by atoms with van der Waals surface area (Å²) in [4.78, 5) is 25.3. The average Bonchev–Trinajstić information content (AvgIpc) is 2.70. The van der Waals surface area contributed by atoms with Crippen molar-refractivity contribution >= 4 is 62.9 Å². The van der Waals surface area contributed by atoms with Gasteiger partial charge in [0.1, 0.15) is 5.82 Å². The van der Waals surface area contributed by atoms with Gasteiger partial charge in [-0.1, -0.05) is 0 Å². The second-order valence-electron chi connectivity index (χ2n) is 6.09. The van der Waals surface area contributed by atoms with Crippen molar-refractivity contribution in [1.29, 1.82) is 0 Å². The van der Waals surface area contributed by atoms with Crippen molar-refractivity contribution < 1.29 is 18.8 Å². The zero-order valence-corrected chi connectivity index (χ0v) is 18.0. The van der Waals surface area contributed by atoms with E-state index in [4.69, 9.17) is 17.0 Å². The molecular weight excluding hydrogens is 514 g/mol. The number of amides is 1. The Bertz CT molecular complexity index is 969. The molecule has 0 aliphatic carbocycles. The van der Waals surface area contributed by atoms with E-state index in [1.54, 1.807) is 6.07 Å². The Morgan fingerprint density at radius 3 is 2.62 bits per heavy atom. The van der Waals surface area contributed by atoms with Gasteiger partial charge in [0.25, 0.3) is 11.6 Å². The number of benzene rings is 2. The lowest BCUT2D eigenvalue weighted by Gasteiger charge is -2.30. The number of rotatable bonds is 4. The van der Waals surface area contributed by atoms with Gasteiger partial charge < -0.3 is 15.0 Å². The molecule has 0 aromatic heterocycles. The Balaban J connectivity index is 1.81. The number of halogens is 2. The highest BCUT2D eigenvalue weighted by Gasteiger charge is 2.22. The van der Waals surface area contributed by atoms with Crippen molar-refractivity contribution in [2.75, 3.05) is 36.5 Å². The normalized spacial score (nSPS) is 13.7. The Hall–Kier alpha value is -2.38. The van der Waals surface area contributed by atoms with Crippen LogP contribution >= 0.6 is 34.8 Å². The van der Waals surface area contributed by atoms with Gasteiger partial charge in [-0.2, -0.15) is 0 Å². The van der Waals surface area contributed by atoms with Crippen LogP contribution in [0.15, 0.2) is 36.4 Å². The number of nitrogens with zero attached hydrogens (tertiary/aromatic N) is 2. The number of non-ortho nitro benzene ring substituents is 1. The highest BCUT2D eigenvalue weighted by molar-refractivity contribution is 14.1. The van der Waals surface area contributed by atoms with E-state index >= 15 is 0 Å². The highest BCUT2D eigenvalue weighted by Crippen LogP contribution is 2.26. The van der Waals surface area contributed by atoms with Crippen molar-refractivity contribution in [3.05, 3.63) is 61.5 Å². The summed E-state index contributed by atoms with van der Waals surface area (Å²) in [6.07, 6.45) is 0. The van der Waals surface area contributed by atoms with Gasteiger partial charge in [-0.3, -0.25) is 20.2 Å². The van der Waals surface area contributed by atoms with Crippen LogP contribution < -0.4 is 15.5 Å². The van der Waals surface area contributed by atoms with E-state index in [2.05, 4.69) is 10.6 Å². The van der Waals surface area contributed by atoms with E-state index in [0.717, 1.165) is 0 Å². The Morgan fingerprint density at radius 2 is 1.97 bits per heavy atom. The SMILES string of the molecule is O=C(NC(=S)Nc1ccc(I)cc1F)c1cc([N+](=O)[O-])ccc1N1CCOCC1. The van der Waals surface area contributed by atoms with Crippen LogP contribution in [0.4, 0.5) is 21.5 Å². The van der Waals surface area contributed by atoms with Crippen molar-refractivity contribution in [2.45, 2.75) is 0 Å². The van der Waals surface area contributed by atoms with E-state index in [-0.39, 0.29) is 22.1 Å². The predicted molar refractivity (Wildman–Crippen MR) is 119 cm³/mol. The fourth-order valence-corrected chi connectivity index (χ4v) is 3.47. The van der Waals surface area contributed by atoms with Crippen LogP contribution in [0.25, 0.3) is 0 Å². The number of carbonyl (C=O) groups excluding carboxylic acids is 1. The molecule has 1 amide bonds. The Morgan fingerprint density at radius 1 is 1.24 bits per heavy atom. The van der Waals surface area contributed by atoms with E-state index < -0.39 is 16.6 Å². The number of hydrogen-bond donors (Lipinski definition) is 2. The highest BCUT2D eigenvalue weighted by atomic mass is 127. The molecule has 152 valence electrons. The average molecular weight is 530 g/mol. The Labute approximate surface area is 184 Å². The third kappa shape index (κ3) is 5.36. The number of anilines is 2. The smallest absolute Gasteiger partial charge is 0.270 e. The lowest BCUT2D eigenvalue weighted by molar-refractivity contribution is -0.384. The molecule has 1 fully saturated rings. The third-order valence-corrected chi connectivity index (χ3v) is 5.07. The quantitative estimate of drug-likeness (QED) is 0.271. The molecule has 29 heavy (non-hydrogen) atoms. The summed E-state index contributed by atoms with van der Waals surface area (Å²) >= 11 is 7.09. The van der Waals surface area contributed by atoms with Crippen molar-refractivity contribution in [2.24, 2.45) is 0 Å². The van der Waals surface area contributed by atoms with Crippen LogP contribution in [0.2, 0.25) is 0 Å². The molecule has 1 aliphatic heterocycles. The molecule has 1 aliphatic rings. The number of thiocarbonyl (C=S) groups is 1. The summed E-state index contributed by atoms with van der Waals surface area (Å²) in [7, 11) is 0. The first-order valence-electron chi connectivity index (χ1n) is 8.53. The summed E-state index contributed by atoms with van der Waals surface area (Å²) in [6.45, 7) is 2.08. The minimum Gasteiger partial charge on any atom is -0.378 e. The molecule has 0 spiro atoms. The minimum absolute atomic E-state index is 0.105. The zero-order valence-electron chi connectivity index (χ0n) is 15.0. The molecule has 1 saturated heterocycles. The number of morpholine rings is 1. The van der Waals surface area contributed by atoms with E-state index in [9.17, 15) is 19.3 Å². The number of ether oxygens (including phenoxy) is 1. The summed E-state index contributed by atoms with van der Waals surface area (Å²) < 4.78 is 20.0. The first-order valence-corrected chi connectivity index (χ1v) is 10.0. The van der Waals surface area contributed by atoms with E-state index in [1.165, 1.54) is 30.3 Å². The van der Waals surface area contributed by atoms with Crippen LogP contribution in [0.1, 0.15) is 10.4 Å². The minimum atomic E-state index is -0.626. The molecule has 2 aromatic carbocycles. The number of nitro benzene ring substituents is 1. The molecule has 8 nitrogen and oxygen atoms in total. The molecule has 3 rings (SSSR count). The monoisotopic (exact) mass is 530 g/mol. The summed E-state index contributed by atoms with van der Waals surface area (Å²) in [5.74, 6) is -1.14. The summed E-state index contributed by atoms with van der Waals surface area (Å²) in [6, 6.07) is 8.60. The molecule has 0 unspecified atom stereocenters. The third-order valence-electron chi connectivity index (χ3n) is 4.19. The fourth-order valence-electron chi connectivity index (χ4n) is 2.81. The van der Waals surface area contributed by atoms with Crippen LogP contribution in [0.3, 0.4) is 0 Å². The van der Waals surface area contributed by atoms with E-state index in [0.29, 0.717) is 35.6 Å². The molecule has 0 radical (unpaired) electrons. The first kappa shape index (κ1) is 21.3. The first-order chi connectivity index (χ1) is 13.8. The second-order valence-corrected chi connectivity index (χ2v) is 7.74. The number of nitrogens with one attached hydrogen (secondary N) is 2. The molecule has 0 bridgehead atoms. The standard InChI is InChI=1S/C18H16FIN4O4S/c19-14-9-11(20)1-3-15(14)21-18(29)22-17(25)13-10-12(24(26)27)2-4-16(13)23-5-7-28-8-6-23/h1-4,9-10H,5-8H2,(H2,21,22,25,29). The maximum absolute atomic E-state index is 14.0. The molecule has 2 N–H and O–H groups in total. The molecule has 0 saturated carbocycles. The maximum Gasteiger partial charge on any atom is 0.270 e. The Kier molecular flexibility index (Phi) is 6.92. The predicted octanol–water partition coefficient (Wildman–Crippen LogP) is 3.30. The topological polar surface area (TPSA) is 96.7 Å². The number of nitro groups is 1. The van der Waals surface area contributed by atoms with Gasteiger partial charge in [0.05, 0.1) is 35.1 Å². The number of hydrogen-bond acceptors (Lipinski definition) is 6. The van der Waals surface area contributed by atoms with Gasteiger partial charge in [-0.05, 0) is 59.1 Å². The maximum atomic E-state index is 14.0. The van der Waals surface area contributed by atoms with E-state index in [1.807, 2.05) is 27.5 Å². The largest absolute Gasteiger partial charge is 0.378 e. The summed E-state index contributed by atoms with van der Waals surface area (Å²) in [5, 5.41) is 16.1. The summed E-state index contributed by atoms with van der Waals surface area (Å²) in [5.41, 5.74) is 0.547. The number of carbonyl (C=O) groups is 1. The molecular formula is C18H16FIN4O4S. The van der Waals surface area contributed by atoms with Crippen molar-refractivity contribution in [3.8, 4) is 0 Å². The fraction of sp³-hybridized carbons (Fsp3) is 0.222. The van der Waals surface area contributed by atoms with Gasteiger partial charge in [0.15, 0.2) is 5.11 Å². The molecule has 0 atom stereocenters. The van der Waals surface area contributed by atoms with Crippen LogP contribution in [0.5, 0.6) is 0 Å². The van der Waals surface area contributed by atoms with Gasteiger partial charge >= 0.3 is 0 Å². The van der Waals surface area contributed by atoms with Crippen molar-refractivity contribution in [3.63, 3.8) is 0 Å². The van der Waals surface area contributed by atoms with Crippen LogP contribution in [0, 0.1) is 19.5 Å². The molecule has 2 aromatic rings. The lowest BCUT2D eigenvalue weighted by atomic mass is 10.1.